The van der Waals surface area contributed by atoms with Crippen LogP contribution in [0.15, 0.2) is 4.52 Å². The van der Waals surface area contributed by atoms with Crippen molar-refractivity contribution in [2.24, 2.45) is 5.73 Å². The van der Waals surface area contributed by atoms with Gasteiger partial charge in [-0.25, -0.2) is 0 Å². The first-order chi connectivity index (χ1) is 9.08. The van der Waals surface area contributed by atoms with Crippen molar-refractivity contribution in [1.82, 2.24) is 19.7 Å². The summed E-state index contributed by atoms with van der Waals surface area (Å²) in [5.41, 5.74) is 6.20. The summed E-state index contributed by atoms with van der Waals surface area (Å²) in [5, 5.41) is 7.95. The minimum atomic E-state index is -0.776. The van der Waals surface area contributed by atoms with Gasteiger partial charge in [0.15, 0.2) is 5.82 Å². The van der Waals surface area contributed by atoms with Crippen LogP contribution in [0.1, 0.15) is 32.3 Å². The van der Waals surface area contributed by atoms with E-state index in [-0.39, 0.29) is 0 Å². The molecule has 2 aromatic rings. The summed E-state index contributed by atoms with van der Waals surface area (Å²) in [7, 11) is 0. The summed E-state index contributed by atoms with van der Waals surface area (Å²) in [5.74, 6) is 0.835. The van der Waals surface area contributed by atoms with E-state index in [1.54, 1.807) is 0 Å². The molecule has 2 aromatic heterocycles. The fourth-order valence-electron chi connectivity index (χ4n) is 1.53. The fraction of sp³-hybridized carbons (Fsp3) is 0.636. The largest absolute Gasteiger partial charge is 0.379 e. The van der Waals surface area contributed by atoms with Crippen LogP contribution in [-0.2, 0) is 16.7 Å². The number of rotatable bonds is 6. The average Bonchev–Trinajstić information content (AvgIpc) is 3.03. The molecule has 7 nitrogen and oxygen atoms in total. The van der Waals surface area contributed by atoms with E-state index >= 15 is 0 Å². The van der Waals surface area contributed by atoms with Gasteiger partial charge in [0, 0.05) is 6.61 Å². The Labute approximate surface area is 115 Å². The van der Waals surface area contributed by atoms with Crippen LogP contribution in [0.4, 0.5) is 0 Å². The Morgan fingerprint density at radius 2 is 2.21 bits per heavy atom. The van der Waals surface area contributed by atoms with Crippen LogP contribution in [0.3, 0.4) is 0 Å². The molecule has 2 N–H and O–H groups in total. The van der Waals surface area contributed by atoms with Crippen molar-refractivity contribution in [3.8, 4) is 10.8 Å². The molecule has 104 valence electrons. The lowest BCUT2D eigenvalue weighted by Gasteiger charge is -2.19. The van der Waals surface area contributed by atoms with E-state index in [0.29, 0.717) is 24.9 Å². The lowest BCUT2D eigenvalue weighted by atomic mass is 10.1. The van der Waals surface area contributed by atoms with Crippen molar-refractivity contribution < 1.29 is 9.26 Å². The maximum absolute atomic E-state index is 6.12. The van der Waals surface area contributed by atoms with Gasteiger partial charge in [-0.05, 0) is 31.8 Å². The standard InChI is InChI=1S/C11H17N5O2S/c1-4-7-8(19-16-14-7)9-13-10(15-18-9)11(3,12)6-17-5-2/h4-6,12H2,1-3H3. The molecule has 0 bridgehead atoms. The summed E-state index contributed by atoms with van der Waals surface area (Å²) in [6.07, 6.45) is 0.766. The van der Waals surface area contributed by atoms with Crippen LogP contribution >= 0.6 is 11.5 Å². The Kier molecular flexibility index (Phi) is 4.23. The maximum atomic E-state index is 6.12. The van der Waals surface area contributed by atoms with Crippen LogP contribution in [-0.4, -0.2) is 32.9 Å². The van der Waals surface area contributed by atoms with Crippen LogP contribution in [0.2, 0.25) is 0 Å². The van der Waals surface area contributed by atoms with Crippen LogP contribution in [0.25, 0.3) is 10.8 Å². The van der Waals surface area contributed by atoms with E-state index in [0.717, 1.165) is 17.0 Å². The highest BCUT2D eigenvalue weighted by atomic mass is 32.1. The number of aryl methyl sites for hydroxylation is 1. The molecule has 1 unspecified atom stereocenters. The van der Waals surface area contributed by atoms with Crippen molar-refractivity contribution in [1.29, 1.82) is 0 Å². The third-order valence-electron chi connectivity index (χ3n) is 2.63. The van der Waals surface area contributed by atoms with Gasteiger partial charge in [-0.1, -0.05) is 16.6 Å². The molecular weight excluding hydrogens is 266 g/mol. The van der Waals surface area contributed by atoms with E-state index in [2.05, 4.69) is 19.7 Å². The highest BCUT2D eigenvalue weighted by Crippen LogP contribution is 2.26. The molecule has 19 heavy (non-hydrogen) atoms. The molecule has 0 saturated carbocycles. The minimum absolute atomic E-state index is 0.337. The molecule has 0 aliphatic rings. The van der Waals surface area contributed by atoms with Crippen LogP contribution in [0, 0.1) is 0 Å². The number of hydrogen-bond donors (Lipinski definition) is 1. The molecule has 1 atom stereocenters. The first-order valence-electron chi connectivity index (χ1n) is 6.11. The Morgan fingerprint density at radius 1 is 1.42 bits per heavy atom. The van der Waals surface area contributed by atoms with E-state index < -0.39 is 5.54 Å². The summed E-state index contributed by atoms with van der Waals surface area (Å²) >= 11 is 1.24. The first-order valence-corrected chi connectivity index (χ1v) is 6.88. The molecule has 8 heteroatoms. The van der Waals surface area contributed by atoms with Gasteiger partial charge in [-0.2, -0.15) is 4.98 Å². The number of hydrogen-bond acceptors (Lipinski definition) is 8. The normalized spacial score (nSPS) is 14.5. The van der Waals surface area contributed by atoms with Crippen molar-refractivity contribution in [2.45, 2.75) is 32.7 Å². The molecule has 0 amide bonds. The third-order valence-corrected chi connectivity index (χ3v) is 3.38. The summed E-state index contributed by atoms with van der Waals surface area (Å²) in [6, 6.07) is 0. The molecule has 2 heterocycles. The van der Waals surface area contributed by atoms with Crippen molar-refractivity contribution in [3.63, 3.8) is 0 Å². The fourth-order valence-corrected chi connectivity index (χ4v) is 2.20. The predicted molar refractivity (Wildman–Crippen MR) is 70.6 cm³/mol. The Bertz CT molecular complexity index is 537. The van der Waals surface area contributed by atoms with Crippen molar-refractivity contribution in [2.75, 3.05) is 13.2 Å². The van der Waals surface area contributed by atoms with E-state index in [4.69, 9.17) is 15.0 Å². The number of nitrogens with two attached hydrogens (primary N) is 1. The van der Waals surface area contributed by atoms with Gasteiger partial charge in [-0.3, -0.25) is 0 Å². The molecule has 0 aromatic carbocycles. The van der Waals surface area contributed by atoms with Crippen molar-refractivity contribution >= 4 is 11.5 Å². The molecule has 0 fully saturated rings. The van der Waals surface area contributed by atoms with Gasteiger partial charge in [-0.15, -0.1) is 5.10 Å². The van der Waals surface area contributed by atoms with E-state index in [1.165, 1.54) is 11.5 Å². The van der Waals surface area contributed by atoms with Crippen LogP contribution < -0.4 is 5.73 Å². The summed E-state index contributed by atoms with van der Waals surface area (Å²) in [4.78, 5) is 5.13. The Hall–Kier alpha value is -1.38. The molecular formula is C11H17N5O2S. The molecule has 0 spiro atoms. The minimum Gasteiger partial charge on any atom is -0.379 e. The number of nitrogens with zero attached hydrogens (tertiary/aromatic N) is 4. The molecule has 0 radical (unpaired) electrons. The quantitative estimate of drug-likeness (QED) is 0.854. The molecule has 0 aliphatic carbocycles. The van der Waals surface area contributed by atoms with Gasteiger partial charge in [0.2, 0.25) is 0 Å². The Balaban J connectivity index is 2.24. The zero-order chi connectivity index (χ0) is 13.9. The second-order valence-electron chi connectivity index (χ2n) is 4.38. The first kappa shape index (κ1) is 14.0. The smallest absolute Gasteiger partial charge is 0.271 e. The predicted octanol–water partition coefficient (Wildman–Crippen LogP) is 1.36. The zero-order valence-electron chi connectivity index (χ0n) is 11.2. The van der Waals surface area contributed by atoms with Crippen LogP contribution in [0.5, 0.6) is 0 Å². The third kappa shape index (κ3) is 2.96. The monoisotopic (exact) mass is 283 g/mol. The van der Waals surface area contributed by atoms with Gasteiger partial charge < -0.3 is 15.0 Å². The maximum Gasteiger partial charge on any atom is 0.271 e. The Morgan fingerprint density at radius 3 is 2.89 bits per heavy atom. The second kappa shape index (κ2) is 5.72. The SMILES string of the molecule is CCOCC(C)(N)c1noc(-c2snnc2CC)n1. The molecule has 2 rings (SSSR count). The highest BCUT2D eigenvalue weighted by molar-refractivity contribution is 7.09. The lowest BCUT2D eigenvalue weighted by Crippen LogP contribution is -2.39. The van der Waals surface area contributed by atoms with E-state index in [9.17, 15) is 0 Å². The molecule has 0 aliphatic heterocycles. The lowest BCUT2D eigenvalue weighted by molar-refractivity contribution is 0.0962. The second-order valence-corrected chi connectivity index (χ2v) is 5.13. The van der Waals surface area contributed by atoms with Gasteiger partial charge >= 0.3 is 0 Å². The summed E-state index contributed by atoms with van der Waals surface area (Å²) in [6.45, 7) is 6.65. The average molecular weight is 283 g/mol. The number of ether oxygens (including phenoxy) is 1. The van der Waals surface area contributed by atoms with Crippen molar-refractivity contribution in [3.05, 3.63) is 11.5 Å². The van der Waals surface area contributed by atoms with E-state index in [1.807, 2.05) is 20.8 Å². The number of aromatic nitrogens is 4. The van der Waals surface area contributed by atoms with Gasteiger partial charge in [0.05, 0.1) is 12.3 Å². The van der Waals surface area contributed by atoms with Gasteiger partial charge in [0.1, 0.15) is 10.4 Å². The summed E-state index contributed by atoms with van der Waals surface area (Å²) < 4.78 is 14.5. The molecule has 0 saturated heterocycles. The highest BCUT2D eigenvalue weighted by Gasteiger charge is 2.29. The van der Waals surface area contributed by atoms with Gasteiger partial charge in [0.25, 0.3) is 5.89 Å². The zero-order valence-corrected chi connectivity index (χ0v) is 12.0. The topological polar surface area (TPSA) is 100.0 Å².